The molecule has 1 aliphatic carbocycles. The molecule has 3 rings (SSSR count). The first-order valence-corrected chi connectivity index (χ1v) is 11.6. The number of nitrogens with one attached hydrogen (secondary N) is 2. The second-order valence-corrected chi connectivity index (χ2v) is 8.38. The van der Waals surface area contributed by atoms with Crippen LogP contribution in [0.15, 0.2) is 15.6 Å². The molecule has 2 heterocycles. The first-order chi connectivity index (χ1) is 14.6. The minimum Gasteiger partial charge on any atom is -0.359 e. The van der Waals surface area contributed by atoms with Gasteiger partial charge in [-0.25, -0.2) is 0 Å². The largest absolute Gasteiger partial charge is 0.359 e. The van der Waals surface area contributed by atoms with Gasteiger partial charge in [-0.05, 0) is 25.7 Å². The average Bonchev–Trinajstić information content (AvgIpc) is 3.19. The van der Waals surface area contributed by atoms with E-state index in [-0.39, 0.29) is 24.0 Å². The molecule has 9 heteroatoms. The molecule has 2 aliphatic rings. The Morgan fingerprint density at radius 3 is 2.52 bits per heavy atom. The second-order valence-electron chi connectivity index (χ2n) is 8.38. The summed E-state index contributed by atoms with van der Waals surface area (Å²) in [5.74, 6) is 2.73. The molecule has 0 atom stereocenters. The smallest absolute Gasteiger partial charge is 0.225 e. The zero-order valence-electron chi connectivity index (χ0n) is 19.2. The Morgan fingerprint density at radius 1 is 1.23 bits per heavy atom. The molecular formula is C22H39IN6O2. The standard InChI is InChI=1S/C22H38N6O2.HI/c1-4-17(5-2)20-15-19(30-26-20)16-25-22(23-3)24-9-10-27-11-13-28(14-12-27)21(29)18-7-6-8-18;/h15,17-18H,4-14,16H2,1-3H3,(H2,23,24,25);1H. The van der Waals surface area contributed by atoms with Crippen molar-refractivity contribution in [3.05, 3.63) is 17.5 Å². The van der Waals surface area contributed by atoms with Crippen LogP contribution in [0.4, 0.5) is 0 Å². The third-order valence-electron chi connectivity index (χ3n) is 6.49. The van der Waals surface area contributed by atoms with Crippen LogP contribution in [0.3, 0.4) is 0 Å². The Labute approximate surface area is 203 Å². The second kappa shape index (κ2) is 13.2. The number of hydrogen-bond donors (Lipinski definition) is 2. The Hall–Kier alpha value is -1.36. The predicted octanol–water partition coefficient (Wildman–Crippen LogP) is 2.81. The van der Waals surface area contributed by atoms with Gasteiger partial charge in [0.2, 0.25) is 5.91 Å². The maximum atomic E-state index is 12.4. The summed E-state index contributed by atoms with van der Waals surface area (Å²) in [5.41, 5.74) is 1.04. The van der Waals surface area contributed by atoms with Gasteiger partial charge in [-0.2, -0.15) is 0 Å². The van der Waals surface area contributed by atoms with Crippen molar-refractivity contribution in [1.29, 1.82) is 0 Å². The van der Waals surface area contributed by atoms with E-state index in [0.29, 0.717) is 24.3 Å². The highest BCUT2D eigenvalue weighted by atomic mass is 127. The summed E-state index contributed by atoms with van der Waals surface area (Å²) in [6.45, 7) is 10.3. The van der Waals surface area contributed by atoms with Crippen LogP contribution in [0.5, 0.6) is 0 Å². The lowest BCUT2D eigenvalue weighted by Crippen LogP contribution is -2.52. The van der Waals surface area contributed by atoms with Crippen LogP contribution in [0.1, 0.15) is 63.3 Å². The highest BCUT2D eigenvalue weighted by Gasteiger charge is 2.31. The van der Waals surface area contributed by atoms with Crippen molar-refractivity contribution in [2.24, 2.45) is 10.9 Å². The lowest BCUT2D eigenvalue weighted by molar-refractivity contribution is -0.139. The van der Waals surface area contributed by atoms with Gasteiger partial charge in [0, 0.05) is 64.2 Å². The van der Waals surface area contributed by atoms with Crippen LogP contribution in [-0.2, 0) is 11.3 Å². The molecule has 1 aliphatic heterocycles. The molecule has 176 valence electrons. The molecular weight excluding hydrogens is 507 g/mol. The molecule has 1 amide bonds. The van der Waals surface area contributed by atoms with Gasteiger partial charge >= 0.3 is 0 Å². The lowest BCUT2D eigenvalue weighted by Gasteiger charge is -2.38. The van der Waals surface area contributed by atoms with Crippen molar-refractivity contribution >= 4 is 35.8 Å². The Balaban J connectivity index is 0.00000341. The minimum absolute atomic E-state index is 0. The Bertz CT molecular complexity index is 694. The van der Waals surface area contributed by atoms with Crippen LogP contribution in [0.25, 0.3) is 0 Å². The molecule has 0 bridgehead atoms. The number of aromatic nitrogens is 1. The summed E-state index contributed by atoms with van der Waals surface area (Å²) in [5, 5.41) is 10.9. The van der Waals surface area contributed by atoms with Crippen LogP contribution in [0, 0.1) is 5.92 Å². The summed E-state index contributed by atoms with van der Waals surface area (Å²) < 4.78 is 5.47. The monoisotopic (exact) mass is 546 g/mol. The number of nitrogens with zero attached hydrogens (tertiary/aromatic N) is 4. The van der Waals surface area contributed by atoms with Crippen LogP contribution in [0.2, 0.25) is 0 Å². The zero-order chi connectivity index (χ0) is 21.3. The summed E-state index contributed by atoms with van der Waals surface area (Å²) in [6, 6.07) is 2.04. The molecule has 1 aromatic heterocycles. The van der Waals surface area contributed by atoms with Gasteiger partial charge in [0.1, 0.15) is 0 Å². The van der Waals surface area contributed by atoms with E-state index in [2.05, 4.69) is 44.4 Å². The highest BCUT2D eigenvalue weighted by molar-refractivity contribution is 14.0. The molecule has 0 aromatic carbocycles. The van der Waals surface area contributed by atoms with Crippen molar-refractivity contribution in [1.82, 2.24) is 25.6 Å². The molecule has 2 N–H and O–H groups in total. The van der Waals surface area contributed by atoms with Gasteiger partial charge in [-0.15, -0.1) is 24.0 Å². The molecule has 31 heavy (non-hydrogen) atoms. The molecule has 1 aromatic rings. The molecule has 1 saturated carbocycles. The van der Waals surface area contributed by atoms with Gasteiger partial charge in [0.05, 0.1) is 12.2 Å². The SMILES string of the molecule is CCC(CC)c1cc(CNC(=NC)NCCN2CCN(C(=O)C3CCC3)CC2)on1.I. The predicted molar refractivity (Wildman–Crippen MR) is 134 cm³/mol. The maximum absolute atomic E-state index is 12.4. The third kappa shape index (κ3) is 7.34. The van der Waals surface area contributed by atoms with Crippen LogP contribution >= 0.6 is 24.0 Å². The van der Waals surface area contributed by atoms with E-state index in [1.807, 2.05) is 6.07 Å². The molecule has 8 nitrogen and oxygen atoms in total. The third-order valence-corrected chi connectivity index (χ3v) is 6.49. The van der Waals surface area contributed by atoms with Crippen molar-refractivity contribution < 1.29 is 9.32 Å². The van der Waals surface area contributed by atoms with Crippen molar-refractivity contribution in [3.63, 3.8) is 0 Å². The van der Waals surface area contributed by atoms with Crippen LogP contribution in [-0.4, -0.2) is 73.1 Å². The average molecular weight is 546 g/mol. The Morgan fingerprint density at radius 2 is 1.94 bits per heavy atom. The van der Waals surface area contributed by atoms with E-state index in [4.69, 9.17) is 4.52 Å². The molecule has 0 spiro atoms. The number of carbonyl (C=O) groups is 1. The van der Waals surface area contributed by atoms with Crippen molar-refractivity contribution in [2.75, 3.05) is 46.3 Å². The van der Waals surface area contributed by atoms with E-state index in [1.54, 1.807) is 7.05 Å². The fourth-order valence-corrected chi connectivity index (χ4v) is 4.14. The fraction of sp³-hybridized carbons (Fsp3) is 0.773. The summed E-state index contributed by atoms with van der Waals surface area (Å²) in [4.78, 5) is 21.1. The molecule has 1 saturated heterocycles. The van der Waals surface area contributed by atoms with Gasteiger partial charge in [0.25, 0.3) is 0 Å². The number of carbonyl (C=O) groups excluding carboxylic acids is 1. The lowest BCUT2D eigenvalue weighted by atomic mass is 9.84. The summed E-state index contributed by atoms with van der Waals surface area (Å²) in [7, 11) is 1.77. The first kappa shape index (κ1) is 25.9. The fourth-order valence-electron chi connectivity index (χ4n) is 4.14. The number of amides is 1. The van der Waals surface area contributed by atoms with E-state index in [1.165, 1.54) is 6.42 Å². The number of aliphatic imine (C=N–C) groups is 1. The topological polar surface area (TPSA) is 86.0 Å². The number of guanidine groups is 1. The Kier molecular flexibility index (Phi) is 11.1. The number of rotatable bonds is 9. The van der Waals surface area contributed by atoms with E-state index in [0.717, 1.165) is 82.4 Å². The zero-order valence-corrected chi connectivity index (χ0v) is 21.6. The van der Waals surface area contributed by atoms with E-state index >= 15 is 0 Å². The number of hydrogen-bond acceptors (Lipinski definition) is 5. The van der Waals surface area contributed by atoms with Crippen molar-refractivity contribution in [3.8, 4) is 0 Å². The van der Waals surface area contributed by atoms with Gasteiger partial charge in [-0.1, -0.05) is 25.4 Å². The quantitative estimate of drug-likeness (QED) is 0.282. The number of piperazine rings is 1. The van der Waals surface area contributed by atoms with E-state index in [9.17, 15) is 4.79 Å². The number of halogens is 1. The highest BCUT2D eigenvalue weighted by Crippen LogP contribution is 2.28. The first-order valence-electron chi connectivity index (χ1n) is 11.6. The van der Waals surface area contributed by atoms with Gasteiger partial charge < -0.3 is 20.1 Å². The normalized spacial score (nSPS) is 17.9. The van der Waals surface area contributed by atoms with E-state index < -0.39 is 0 Å². The summed E-state index contributed by atoms with van der Waals surface area (Å²) >= 11 is 0. The van der Waals surface area contributed by atoms with Gasteiger partial charge in [-0.3, -0.25) is 14.7 Å². The van der Waals surface area contributed by atoms with Crippen LogP contribution < -0.4 is 10.6 Å². The minimum atomic E-state index is 0. The summed E-state index contributed by atoms with van der Waals surface area (Å²) in [6.07, 6.45) is 5.53. The van der Waals surface area contributed by atoms with Crippen molar-refractivity contribution in [2.45, 2.75) is 58.4 Å². The molecule has 0 radical (unpaired) electrons. The molecule has 0 unspecified atom stereocenters. The van der Waals surface area contributed by atoms with Gasteiger partial charge in [0.15, 0.2) is 11.7 Å². The molecule has 2 fully saturated rings. The maximum Gasteiger partial charge on any atom is 0.225 e.